The predicted octanol–water partition coefficient (Wildman–Crippen LogP) is 3.50. The van der Waals surface area contributed by atoms with Crippen molar-refractivity contribution in [1.29, 1.82) is 0 Å². The molecule has 1 aromatic heterocycles. The first-order chi connectivity index (χ1) is 9.59. The summed E-state index contributed by atoms with van der Waals surface area (Å²) in [4.78, 5) is 4.69. The Morgan fingerprint density at radius 3 is 2.65 bits per heavy atom. The second-order valence-electron chi connectivity index (χ2n) is 5.17. The molecule has 0 radical (unpaired) electrons. The molecule has 3 nitrogen and oxygen atoms in total. The van der Waals surface area contributed by atoms with Crippen molar-refractivity contribution in [1.82, 2.24) is 4.98 Å². The highest BCUT2D eigenvalue weighted by Gasteiger charge is 2.30. The van der Waals surface area contributed by atoms with Crippen LogP contribution in [0.4, 0.5) is 0 Å². The number of methoxy groups -OCH3 is 1. The van der Waals surface area contributed by atoms with Crippen molar-refractivity contribution in [2.75, 3.05) is 7.11 Å². The summed E-state index contributed by atoms with van der Waals surface area (Å²) in [6.07, 6.45) is 1.64. The Labute approximate surface area is 124 Å². The van der Waals surface area contributed by atoms with Crippen molar-refractivity contribution in [3.8, 4) is 11.3 Å². The minimum Gasteiger partial charge on any atom is -0.377 e. The lowest BCUT2D eigenvalue weighted by molar-refractivity contribution is -0.0184. The Balaban J connectivity index is 2.10. The number of thiazole rings is 1. The van der Waals surface area contributed by atoms with Gasteiger partial charge in [0.05, 0.1) is 16.3 Å². The maximum Gasteiger partial charge on any atom is 0.0949 e. The fourth-order valence-electron chi connectivity index (χ4n) is 2.11. The van der Waals surface area contributed by atoms with E-state index in [4.69, 9.17) is 10.5 Å². The van der Waals surface area contributed by atoms with Gasteiger partial charge in [0.2, 0.25) is 0 Å². The van der Waals surface area contributed by atoms with Gasteiger partial charge in [0.25, 0.3) is 0 Å². The number of nitrogens with two attached hydrogens (primary N) is 1. The Morgan fingerprint density at radius 2 is 2.05 bits per heavy atom. The van der Waals surface area contributed by atoms with Crippen LogP contribution in [0.3, 0.4) is 0 Å². The van der Waals surface area contributed by atoms with Gasteiger partial charge in [-0.1, -0.05) is 37.3 Å². The minimum atomic E-state index is -0.293. The van der Waals surface area contributed by atoms with E-state index in [9.17, 15) is 0 Å². The lowest BCUT2D eigenvalue weighted by Gasteiger charge is -2.32. The third-order valence-electron chi connectivity index (χ3n) is 3.97. The average Bonchev–Trinajstić information content (AvgIpc) is 2.95. The molecule has 1 heterocycles. The van der Waals surface area contributed by atoms with Crippen LogP contribution in [0.25, 0.3) is 11.3 Å². The second kappa shape index (κ2) is 6.48. The first-order valence-corrected chi connectivity index (χ1v) is 7.77. The van der Waals surface area contributed by atoms with Crippen LogP contribution in [0.5, 0.6) is 0 Å². The standard InChI is InChI=1S/C16H22N2OS/c1-4-16(2,19-3)14(17)10-15-18-13(11-20-15)12-8-6-5-7-9-12/h5-9,11,14H,4,10,17H2,1-3H3. The summed E-state index contributed by atoms with van der Waals surface area (Å²) in [5, 5.41) is 3.15. The molecular formula is C16H22N2OS. The average molecular weight is 290 g/mol. The van der Waals surface area contributed by atoms with E-state index in [0.717, 1.165) is 29.1 Å². The van der Waals surface area contributed by atoms with E-state index < -0.39 is 0 Å². The zero-order chi connectivity index (χ0) is 14.6. The number of nitrogens with zero attached hydrogens (tertiary/aromatic N) is 1. The van der Waals surface area contributed by atoms with Gasteiger partial charge in [0.15, 0.2) is 0 Å². The number of benzene rings is 1. The van der Waals surface area contributed by atoms with Crippen LogP contribution < -0.4 is 5.73 Å². The summed E-state index contributed by atoms with van der Waals surface area (Å²) in [6, 6.07) is 10.2. The van der Waals surface area contributed by atoms with E-state index in [2.05, 4.69) is 36.3 Å². The van der Waals surface area contributed by atoms with Crippen molar-refractivity contribution >= 4 is 11.3 Å². The summed E-state index contributed by atoms with van der Waals surface area (Å²) >= 11 is 1.66. The van der Waals surface area contributed by atoms with E-state index in [0.29, 0.717) is 0 Å². The molecule has 20 heavy (non-hydrogen) atoms. The van der Waals surface area contributed by atoms with Gasteiger partial charge in [-0.25, -0.2) is 4.98 Å². The van der Waals surface area contributed by atoms with Gasteiger partial charge in [-0.05, 0) is 13.3 Å². The van der Waals surface area contributed by atoms with Crippen LogP contribution in [0.2, 0.25) is 0 Å². The summed E-state index contributed by atoms with van der Waals surface area (Å²) in [5.41, 5.74) is 8.17. The van der Waals surface area contributed by atoms with E-state index >= 15 is 0 Å². The van der Waals surface area contributed by atoms with Gasteiger partial charge in [0.1, 0.15) is 0 Å². The normalized spacial score (nSPS) is 15.8. The van der Waals surface area contributed by atoms with Gasteiger partial charge in [-0.15, -0.1) is 11.3 Å². The fraction of sp³-hybridized carbons (Fsp3) is 0.438. The molecule has 2 N–H and O–H groups in total. The quantitative estimate of drug-likeness (QED) is 0.886. The molecule has 0 aliphatic rings. The summed E-state index contributed by atoms with van der Waals surface area (Å²) < 4.78 is 5.56. The number of aromatic nitrogens is 1. The molecule has 2 atom stereocenters. The second-order valence-corrected chi connectivity index (χ2v) is 6.12. The molecule has 1 aromatic carbocycles. The zero-order valence-electron chi connectivity index (χ0n) is 12.3. The van der Waals surface area contributed by atoms with Gasteiger partial charge >= 0.3 is 0 Å². The van der Waals surface area contributed by atoms with E-state index in [-0.39, 0.29) is 11.6 Å². The van der Waals surface area contributed by atoms with Crippen molar-refractivity contribution in [2.45, 2.75) is 38.3 Å². The SMILES string of the molecule is CCC(C)(OC)C(N)Cc1nc(-c2ccccc2)cs1. The van der Waals surface area contributed by atoms with E-state index in [1.54, 1.807) is 18.4 Å². The van der Waals surface area contributed by atoms with E-state index in [1.807, 2.05) is 18.2 Å². The number of hydrogen-bond donors (Lipinski definition) is 1. The number of rotatable bonds is 6. The zero-order valence-corrected chi connectivity index (χ0v) is 13.1. The van der Waals surface area contributed by atoms with Crippen LogP contribution >= 0.6 is 11.3 Å². The molecule has 0 amide bonds. The number of hydrogen-bond acceptors (Lipinski definition) is 4. The summed E-state index contributed by atoms with van der Waals surface area (Å²) in [7, 11) is 1.72. The molecule has 108 valence electrons. The Bertz CT molecular complexity index is 534. The smallest absolute Gasteiger partial charge is 0.0949 e. The van der Waals surface area contributed by atoms with Crippen molar-refractivity contribution in [3.63, 3.8) is 0 Å². The van der Waals surface area contributed by atoms with Crippen molar-refractivity contribution in [3.05, 3.63) is 40.7 Å². The maximum atomic E-state index is 6.29. The molecule has 2 rings (SSSR count). The molecule has 0 aliphatic carbocycles. The third-order valence-corrected chi connectivity index (χ3v) is 4.84. The van der Waals surface area contributed by atoms with Crippen LogP contribution in [0.15, 0.2) is 35.7 Å². The van der Waals surface area contributed by atoms with Crippen LogP contribution in [-0.2, 0) is 11.2 Å². The first-order valence-electron chi connectivity index (χ1n) is 6.89. The van der Waals surface area contributed by atoms with Crippen LogP contribution in [-0.4, -0.2) is 23.7 Å². The Hall–Kier alpha value is -1.23. The minimum absolute atomic E-state index is 0.0488. The van der Waals surface area contributed by atoms with Gasteiger partial charge in [-0.2, -0.15) is 0 Å². The van der Waals surface area contributed by atoms with Crippen LogP contribution in [0.1, 0.15) is 25.3 Å². The molecule has 0 saturated heterocycles. The maximum absolute atomic E-state index is 6.29. The fourth-order valence-corrected chi connectivity index (χ4v) is 2.97. The molecule has 0 spiro atoms. The highest BCUT2D eigenvalue weighted by Crippen LogP contribution is 2.25. The molecule has 0 saturated carbocycles. The summed E-state index contributed by atoms with van der Waals surface area (Å²) in [5.74, 6) is 0. The van der Waals surface area contributed by atoms with Gasteiger partial charge in [0, 0.05) is 30.5 Å². The molecule has 0 aliphatic heterocycles. The molecule has 0 fully saturated rings. The highest BCUT2D eigenvalue weighted by molar-refractivity contribution is 7.09. The number of ether oxygens (including phenoxy) is 1. The largest absolute Gasteiger partial charge is 0.377 e. The monoisotopic (exact) mass is 290 g/mol. The lowest BCUT2D eigenvalue weighted by atomic mass is 9.92. The first kappa shape index (κ1) is 15.2. The van der Waals surface area contributed by atoms with E-state index in [1.165, 1.54) is 0 Å². The Kier molecular flexibility index (Phi) is 4.91. The molecule has 2 aromatic rings. The Morgan fingerprint density at radius 1 is 1.35 bits per heavy atom. The molecule has 4 heteroatoms. The van der Waals surface area contributed by atoms with Crippen molar-refractivity contribution < 1.29 is 4.74 Å². The van der Waals surface area contributed by atoms with Gasteiger partial charge in [-0.3, -0.25) is 0 Å². The molecule has 2 unspecified atom stereocenters. The van der Waals surface area contributed by atoms with Crippen LogP contribution in [0, 0.1) is 0 Å². The predicted molar refractivity (Wildman–Crippen MR) is 84.9 cm³/mol. The third kappa shape index (κ3) is 3.26. The summed E-state index contributed by atoms with van der Waals surface area (Å²) in [6.45, 7) is 4.16. The lowest BCUT2D eigenvalue weighted by Crippen LogP contribution is -2.48. The molecular weight excluding hydrogens is 268 g/mol. The highest BCUT2D eigenvalue weighted by atomic mass is 32.1. The van der Waals surface area contributed by atoms with Gasteiger partial charge < -0.3 is 10.5 Å². The molecule has 0 bridgehead atoms. The van der Waals surface area contributed by atoms with Crippen molar-refractivity contribution in [2.24, 2.45) is 5.73 Å². The topological polar surface area (TPSA) is 48.1 Å².